The van der Waals surface area contributed by atoms with Crippen LogP contribution in [0.25, 0.3) is 10.9 Å². The highest BCUT2D eigenvalue weighted by Crippen LogP contribution is 2.26. The Labute approximate surface area is 152 Å². The van der Waals surface area contributed by atoms with E-state index in [-0.39, 0.29) is 4.90 Å². The van der Waals surface area contributed by atoms with Gasteiger partial charge >= 0.3 is 0 Å². The van der Waals surface area contributed by atoms with E-state index >= 15 is 0 Å². The van der Waals surface area contributed by atoms with Gasteiger partial charge in [0.15, 0.2) is 0 Å². The third-order valence-corrected chi connectivity index (χ3v) is 6.43. The lowest BCUT2D eigenvalue weighted by atomic mass is 10.2. The van der Waals surface area contributed by atoms with Gasteiger partial charge in [-0.3, -0.25) is 4.98 Å². The van der Waals surface area contributed by atoms with Gasteiger partial charge in [0.05, 0.1) is 5.52 Å². The Bertz CT molecular complexity index is 1030. The summed E-state index contributed by atoms with van der Waals surface area (Å²) in [7, 11) is -3.60. The molecule has 0 aliphatic carbocycles. The molecule has 134 valence electrons. The third-order valence-electron chi connectivity index (χ3n) is 4.50. The van der Waals surface area contributed by atoms with Gasteiger partial charge in [0.2, 0.25) is 16.0 Å². The number of para-hydroxylation sites is 1. The average molecular weight is 369 g/mol. The second kappa shape index (κ2) is 6.62. The summed E-state index contributed by atoms with van der Waals surface area (Å²) in [5.41, 5.74) is 1.52. The summed E-state index contributed by atoms with van der Waals surface area (Å²) in [6.45, 7) is 3.84. The Kier molecular flexibility index (Phi) is 4.29. The second-order valence-electron chi connectivity index (χ2n) is 6.28. The maximum atomic E-state index is 13.2. The molecule has 7 nitrogen and oxygen atoms in total. The molecule has 1 aliphatic rings. The van der Waals surface area contributed by atoms with Crippen LogP contribution in [-0.2, 0) is 10.0 Å². The highest BCUT2D eigenvalue weighted by molar-refractivity contribution is 7.89. The molecule has 1 saturated heterocycles. The van der Waals surface area contributed by atoms with Crippen molar-refractivity contribution in [1.29, 1.82) is 0 Å². The van der Waals surface area contributed by atoms with Gasteiger partial charge in [-0.15, -0.1) is 0 Å². The van der Waals surface area contributed by atoms with E-state index in [0.717, 1.165) is 10.9 Å². The first-order chi connectivity index (χ1) is 12.6. The van der Waals surface area contributed by atoms with E-state index in [4.69, 9.17) is 0 Å². The molecule has 0 radical (unpaired) electrons. The van der Waals surface area contributed by atoms with Gasteiger partial charge in [0.1, 0.15) is 4.90 Å². The Morgan fingerprint density at radius 3 is 2.42 bits per heavy atom. The predicted octanol–water partition coefficient (Wildman–Crippen LogP) is 1.84. The number of aromatic nitrogens is 3. The molecule has 0 bridgehead atoms. The largest absolute Gasteiger partial charge is 0.338 e. The molecule has 1 aliphatic heterocycles. The maximum Gasteiger partial charge on any atom is 0.245 e. The van der Waals surface area contributed by atoms with Gasteiger partial charge < -0.3 is 4.90 Å². The van der Waals surface area contributed by atoms with Crippen molar-refractivity contribution in [2.45, 2.75) is 11.8 Å². The molecule has 0 saturated carbocycles. The summed E-state index contributed by atoms with van der Waals surface area (Å²) in [6, 6.07) is 9.00. The van der Waals surface area contributed by atoms with Gasteiger partial charge in [-0.1, -0.05) is 12.1 Å². The van der Waals surface area contributed by atoms with Crippen molar-refractivity contribution in [3.8, 4) is 0 Å². The first kappa shape index (κ1) is 16.9. The zero-order valence-electron chi connectivity index (χ0n) is 14.4. The first-order valence-electron chi connectivity index (χ1n) is 8.43. The summed E-state index contributed by atoms with van der Waals surface area (Å²) < 4.78 is 27.8. The van der Waals surface area contributed by atoms with E-state index in [9.17, 15) is 8.42 Å². The smallest absolute Gasteiger partial charge is 0.245 e. The molecule has 0 spiro atoms. The van der Waals surface area contributed by atoms with Crippen LogP contribution in [0.4, 0.5) is 5.95 Å². The van der Waals surface area contributed by atoms with E-state index in [1.54, 1.807) is 36.8 Å². The van der Waals surface area contributed by atoms with E-state index in [1.807, 2.05) is 24.0 Å². The van der Waals surface area contributed by atoms with Gasteiger partial charge in [-0.25, -0.2) is 18.4 Å². The molecule has 4 rings (SSSR count). The van der Waals surface area contributed by atoms with E-state index < -0.39 is 10.0 Å². The minimum Gasteiger partial charge on any atom is -0.338 e. The molecular weight excluding hydrogens is 350 g/mol. The number of piperazine rings is 1. The number of benzene rings is 1. The molecule has 3 aromatic rings. The summed E-state index contributed by atoms with van der Waals surface area (Å²) in [6.07, 6.45) is 5.08. The van der Waals surface area contributed by atoms with Gasteiger partial charge in [-0.2, -0.15) is 4.31 Å². The highest BCUT2D eigenvalue weighted by atomic mass is 32.2. The van der Waals surface area contributed by atoms with E-state index in [0.29, 0.717) is 37.6 Å². The van der Waals surface area contributed by atoms with E-state index in [1.165, 1.54) is 4.31 Å². The van der Waals surface area contributed by atoms with Crippen molar-refractivity contribution in [1.82, 2.24) is 19.3 Å². The lowest BCUT2D eigenvalue weighted by Gasteiger charge is -2.34. The van der Waals surface area contributed by atoms with Gasteiger partial charge in [-0.05, 0) is 30.7 Å². The number of pyridine rings is 1. The molecule has 8 heteroatoms. The molecule has 3 heterocycles. The highest BCUT2D eigenvalue weighted by Gasteiger charge is 2.30. The molecule has 2 aromatic heterocycles. The van der Waals surface area contributed by atoms with Crippen LogP contribution in [0.1, 0.15) is 5.56 Å². The molecule has 0 N–H and O–H groups in total. The van der Waals surface area contributed by atoms with E-state index in [2.05, 4.69) is 15.0 Å². The van der Waals surface area contributed by atoms with Crippen molar-refractivity contribution in [2.75, 3.05) is 31.1 Å². The number of nitrogens with zero attached hydrogens (tertiary/aromatic N) is 5. The Morgan fingerprint density at radius 1 is 0.962 bits per heavy atom. The second-order valence-corrected chi connectivity index (χ2v) is 8.19. The number of hydrogen-bond donors (Lipinski definition) is 0. The van der Waals surface area contributed by atoms with Crippen molar-refractivity contribution >= 4 is 26.9 Å². The quantitative estimate of drug-likeness (QED) is 0.701. The summed E-state index contributed by atoms with van der Waals surface area (Å²) >= 11 is 0. The fourth-order valence-corrected chi connectivity index (χ4v) is 4.76. The minimum atomic E-state index is -3.60. The molecule has 26 heavy (non-hydrogen) atoms. The van der Waals surface area contributed by atoms with Crippen molar-refractivity contribution in [3.63, 3.8) is 0 Å². The Balaban J connectivity index is 1.61. The normalized spacial score (nSPS) is 16.1. The SMILES string of the molecule is Cc1cnc2c(S(=O)(=O)N3CCN(c4ncccn4)CC3)cccc2c1. The third kappa shape index (κ3) is 3.02. The van der Waals surface area contributed by atoms with Crippen molar-refractivity contribution in [3.05, 3.63) is 54.5 Å². The number of anilines is 1. The molecule has 0 atom stereocenters. The summed E-state index contributed by atoms with van der Waals surface area (Å²) in [5, 5.41) is 0.836. The summed E-state index contributed by atoms with van der Waals surface area (Å²) in [4.78, 5) is 15.1. The standard InChI is InChI=1S/C18H19N5O2S/c1-14-12-15-4-2-5-16(17(15)21-13-14)26(24,25)23-10-8-22(9-11-23)18-19-6-3-7-20-18/h2-7,12-13H,8-11H2,1H3. The van der Waals surface area contributed by atoms with Crippen molar-refractivity contribution in [2.24, 2.45) is 0 Å². The molecule has 1 fully saturated rings. The molecular formula is C18H19N5O2S. The maximum absolute atomic E-state index is 13.2. The van der Waals surface area contributed by atoms with Crippen LogP contribution in [0, 0.1) is 6.92 Å². The van der Waals surface area contributed by atoms with Crippen LogP contribution < -0.4 is 4.90 Å². The van der Waals surface area contributed by atoms with Crippen LogP contribution in [0.15, 0.2) is 53.8 Å². The van der Waals surface area contributed by atoms with Crippen LogP contribution in [-0.4, -0.2) is 53.9 Å². The zero-order chi connectivity index (χ0) is 18.1. The van der Waals surface area contributed by atoms with Gasteiger partial charge in [0, 0.05) is 50.2 Å². The number of fused-ring (bicyclic) bond motifs is 1. The lowest BCUT2D eigenvalue weighted by Crippen LogP contribution is -2.49. The van der Waals surface area contributed by atoms with Crippen LogP contribution in [0.2, 0.25) is 0 Å². The fourth-order valence-electron chi connectivity index (χ4n) is 3.17. The zero-order valence-corrected chi connectivity index (χ0v) is 15.2. The van der Waals surface area contributed by atoms with Gasteiger partial charge in [0.25, 0.3) is 0 Å². The molecule has 1 aromatic carbocycles. The summed E-state index contributed by atoms with van der Waals surface area (Å²) in [5.74, 6) is 0.631. The molecule has 0 unspecified atom stereocenters. The fraction of sp³-hybridized carbons (Fsp3) is 0.278. The van der Waals surface area contributed by atoms with Crippen molar-refractivity contribution < 1.29 is 8.42 Å². The van der Waals surface area contributed by atoms with Crippen LogP contribution >= 0.6 is 0 Å². The average Bonchev–Trinajstić information content (AvgIpc) is 2.68. The first-order valence-corrected chi connectivity index (χ1v) is 9.87. The molecule has 0 amide bonds. The predicted molar refractivity (Wildman–Crippen MR) is 99.5 cm³/mol. The number of sulfonamides is 1. The number of rotatable bonds is 3. The van der Waals surface area contributed by atoms with Crippen LogP contribution in [0.3, 0.4) is 0 Å². The topological polar surface area (TPSA) is 79.3 Å². The minimum absolute atomic E-state index is 0.263. The Morgan fingerprint density at radius 2 is 1.69 bits per heavy atom. The van der Waals surface area contributed by atoms with Crippen LogP contribution in [0.5, 0.6) is 0 Å². The number of hydrogen-bond acceptors (Lipinski definition) is 6. The monoisotopic (exact) mass is 369 g/mol. The Hall–Kier alpha value is -2.58. The number of aryl methyl sites for hydroxylation is 1. The lowest BCUT2D eigenvalue weighted by molar-refractivity contribution is 0.383.